The van der Waals surface area contributed by atoms with Crippen molar-refractivity contribution in [1.29, 1.82) is 0 Å². The minimum atomic E-state index is 0.166. The molecule has 0 unspecified atom stereocenters. The maximum atomic E-state index is 12.2. The molecule has 0 bridgehead atoms. The van der Waals surface area contributed by atoms with Crippen molar-refractivity contribution in [1.82, 2.24) is 20.4 Å². The number of amides is 1. The largest absolute Gasteiger partial charge is 0.497 e. The number of nitrogens with one attached hydrogen (secondary N) is 1. The van der Waals surface area contributed by atoms with Crippen LogP contribution in [0.3, 0.4) is 0 Å². The second-order valence-corrected chi connectivity index (χ2v) is 6.51. The summed E-state index contributed by atoms with van der Waals surface area (Å²) in [5, 5.41) is 11.9. The fourth-order valence-electron chi connectivity index (χ4n) is 3.15. The fraction of sp³-hybridized carbons (Fsp3) is 0.450. The quantitative estimate of drug-likeness (QED) is 0.837. The van der Waals surface area contributed by atoms with Crippen LogP contribution >= 0.6 is 0 Å². The van der Waals surface area contributed by atoms with Gasteiger partial charge in [-0.25, -0.2) is 0 Å². The molecular formula is C20H27N5O2. The van der Waals surface area contributed by atoms with Crippen molar-refractivity contribution < 1.29 is 9.53 Å². The van der Waals surface area contributed by atoms with Crippen molar-refractivity contribution in [2.24, 2.45) is 0 Å². The van der Waals surface area contributed by atoms with E-state index in [2.05, 4.69) is 20.4 Å². The summed E-state index contributed by atoms with van der Waals surface area (Å²) in [6, 6.07) is 11.8. The summed E-state index contributed by atoms with van der Waals surface area (Å²) in [6.07, 6.45) is 0.930. The Morgan fingerprint density at radius 3 is 2.56 bits per heavy atom. The summed E-state index contributed by atoms with van der Waals surface area (Å²) in [7, 11) is 1.65. The molecule has 3 rings (SSSR count). The van der Waals surface area contributed by atoms with E-state index in [-0.39, 0.29) is 5.91 Å². The van der Waals surface area contributed by atoms with Gasteiger partial charge in [0.05, 0.1) is 19.3 Å². The van der Waals surface area contributed by atoms with Gasteiger partial charge >= 0.3 is 0 Å². The van der Waals surface area contributed by atoms with E-state index in [9.17, 15) is 4.79 Å². The summed E-state index contributed by atoms with van der Waals surface area (Å²) in [5.74, 6) is 1.84. The summed E-state index contributed by atoms with van der Waals surface area (Å²) >= 11 is 0. The van der Waals surface area contributed by atoms with Crippen molar-refractivity contribution in [2.75, 3.05) is 51.3 Å². The number of rotatable bonds is 6. The van der Waals surface area contributed by atoms with Gasteiger partial charge in [0.25, 0.3) is 0 Å². The molecule has 7 heteroatoms. The maximum Gasteiger partial charge on any atom is 0.236 e. The van der Waals surface area contributed by atoms with E-state index in [1.807, 2.05) is 48.2 Å². The maximum absolute atomic E-state index is 12.2. The zero-order chi connectivity index (χ0) is 19.1. The fourth-order valence-corrected chi connectivity index (χ4v) is 3.15. The van der Waals surface area contributed by atoms with Crippen LogP contribution in [0.1, 0.15) is 13.3 Å². The molecule has 7 nitrogen and oxygen atoms in total. The van der Waals surface area contributed by atoms with Crippen LogP contribution in [-0.2, 0) is 4.79 Å². The standard InChI is InChI=1S/C20H27N5O2/c1-3-21-15-20(26)25-12-4-11-24(13-14-25)19-10-9-18(22-23-19)16-5-7-17(27-2)8-6-16/h5-10,21H,3-4,11-15H2,1-2H3. The summed E-state index contributed by atoms with van der Waals surface area (Å²) in [4.78, 5) is 16.3. The van der Waals surface area contributed by atoms with Crippen molar-refractivity contribution in [3.8, 4) is 17.0 Å². The number of hydrogen-bond acceptors (Lipinski definition) is 6. The predicted molar refractivity (Wildman–Crippen MR) is 106 cm³/mol. The molecule has 144 valence electrons. The van der Waals surface area contributed by atoms with Gasteiger partial charge < -0.3 is 19.9 Å². The topological polar surface area (TPSA) is 70.6 Å². The molecule has 0 atom stereocenters. The van der Waals surface area contributed by atoms with E-state index in [1.165, 1.54) is 0 Å². The van der Waals surface area contributed by atoms with Crippen LogP contribution in [0.4, 0.5) is 5.82 Å². The first kappa shape index (κ1) is 19.1. The Bertz CT molecular complexity index is 733. The van der Waals surface area contributed by atoms with Gasteiger partial charge in [0, 0.05) is 31.7 Å². The molecule has 0 radical (unpaired) electrons. The van der Waals surface area contributed by atoms with Crippen LogP contribution in [0.15, 0.2) is 36.4 Å². The first-order valence-corrected chi connectivity index (χ1v) is 9.43. The number of hydrogen-bond donors (Lipinski definition) is 1. The number of likely N-dealkylation sites (N-methyl/N-ethyl adjacent to an activating group) is 1. The number of benzene rings is 1. The number of methoxy groups -OCH3 is 1. The van der Waals surface area contributed by atoms with E-state index in [4.69, 9.17) is 4.74 Å². The van der Waals surface area contributed by atoms with Crippen molar-refractivity contribution >= 4 is 11.7 Å². The Hall–Kier alpha value is -2.67. The molecule has 1 aromatic heterocycles. The molecule has 0 saturated carbocycles. The number of carbonyl (C=O) groups excluding carboxylic acids is 1. The predicted octanol–water partition coefficient (Wildman–Crippen LogP) is 1.80. The third-order valence-electron chi connectivity index (χ3n) is 4.74. The van der Waals surface area contributed by atoms with Crippen LogP contribution in [0.2, 0.25) is 0 Å². The van der Waals surface area contributed by atoms with Crippen molar-refractivity contribution in [3.05, 3.63) is 36.4 Å². The molecule has 1 saturated heterocycles. The zero-order valence-electron chi connectivity index (χ0n) is 16.0. The van der Waals surface area contributed by atoms with Gasteiger partial charge in [-0.3, -0.25) is 4.79 Å². The summed E-state index contributed by atoms with van der Waals surface area (Å²) in [6.45, 7) is 6.38. The average Bonchev–Trinajstić information content (AvgIpc) is 2.98. The van der Waals surface area contributed by atoms with Crippen molar-refractivity contribution in [3.63, 3.8) is 0 Å². The second-order valence-electron chi connectivity index (χ2n) is 6.51. The van der Waals surface area contributed by atoms with Gasteiger partial charge in [-0.2, -0.15) is 0 Å². The molecule has 1 aliphatic rings. The van der Waals surface area contributed by atoms with Gasteiger partial charge in [-0.1, -0.05) is 6.92 Å². The van der Waals surface area contributed by atoms with E-state index in [1.54, 1.807) is 7.11 Å². The second kappa shape index (κ2) is 9.32. The number of ether oxygens (including phenoxy) is 1. The van der Waals surface area contributed by atoms with Gasteiger partial charge in [-0.15, -0.1) is 10.2 Å². The minimum Gasteiger partial charge on any atom is -0.497 e. The number of aromatic nitrogens is 2. The lowest BCUT2D eigenvalue weighted by atomic mass is 10.1. The van der Waals surface area contributed by atoms with Gasteiger partial charge in [-0.05, 0) is 49.4 Å². The van der Waals surface area contributed by atoms with Crippen LogP contribution < -0.4 is 15.0 Å². The highest BCUT2D eigenvalue weighted by atomic mass is 16.5. The number of nitrogens with zero attached hydrogens (tertiary/aromatic N) is 4. The average molecular weight is 369 g/mol. The lowest BCUT2D eigenvalue weighted by molar-refractivity contribution is -0.130. The minimum absolute atomic E-state index is 0.166. The monoisotopic (exact) mass is 369 g/mol. The normalized spacial score (nSPS) is 14.7. The molecule has 0 aliphatic carbocycles. The molecule has 2 aromatic rings. The number of anilines is 1. The summed E-state index contributed by atoms with van der Waals surface area (Å²) < 4.78 is 5.19. The third kappa shape index (κ3) is 4.95. The van der Waals surface area contributed by atoms with E-state index in [0.29, 0.717) is 13.1 Å². The Morgan fingerprint density at radius 2 is 1.89 bits per heavy atom. The molecule has 2 heterocycles. The highest BCUT2D eigenvalue weighted by molar-refractivity contribution is 5.78. The Labute approximate surface area is 160 Å². The number of carbonyl (C=O) groups is 1. The SMILES string of the molecule is CCNCC(=O)N1CCCN(c2ccc(-c3ccc(OC)cc3)nn2)CC1. The lowest BCUT2D eigenvalue weighted by Gasteiger charge is -2.22. The third-order valence-corrected chi connectivity index (χ3v) is 4.74. The zero-order valence-corrected chi connectivity index (χ0v) is 16.0. The molecule has 1 aliphatic heterocycles. The van der Waals surface area contributed by atoms with Crippen LogP contribution in [0, 0.1) is 0 Å². The van der Waals surface area contributed by atoms with Crippen LogP contribution in [-0.4, -0.2) is 67.4 Å². The molecule has 0 spiro atoms. The van der Waals surface area contributed by atoms with Gasteiger partial charge in [0.15, 0.2) is 5.82 Å². The van der Waals surface area contributed by atoms with E-state index in [0.717, 1.165) is 55.4 Å². The molecule has 1 aromatic carbocycles. The summed E-state index contributed by atoms with van der Waals surface area (Å²) in [5.41, 5.74) is 1.84. The lowest BCUT2D eigenvalue weighted by Crippen LogP contribution is -2.40. The highest BCUT2D eigenvalue weighted by Gasteiger charge is 2.19. The highest BCUT2D eigenvalue weighted by Crippen LogP contribution is 2.22. The molecule has 1 amide bonds. The van der Waals surface area contributed by atoms with E-state index < -0.39 is 0 Å². The van der Waals surface area contributed by atoms with Crippen LogP contribution in [0.5, 0.6) is 5.75 Å². The van der Waals surface area contributed by atoms with E-state index >= 15 is 0 Å². The Balaban J connectivity index is 1.62. The molecular weight excluding hydrogens is 342 g/mol. The molecule has 1 N–H and O–H groups in total. The van der Waals surface area contributed by atoms with Gasteiger partial charge in [0.1, 0.15) is 5.75 Å². The molecule has 1 fully saturated rings. The first-order chi connectivity index (χ1) is 13.2. The Kier molecular flexibility index (Phi) is 6.59. The Morgan fingerprint density at radius 1 is 1.07 bits per heavy atom. The van der Waals surface area contributed by atoms with Crippen LogP contribution in [0.25, 0.3) is 11.3 Å². The smallest absolute Gasteiger partial charge is 0.236 e. The van der Waals surface area contributed by atoms with Crippen molar-refractivity contribution in [2.45, 2.75) is 13.3 Å². The van der Waals surface area contributed by atoms with Gasteiger partial charge in [0.2, 0.25) is 5.91 Å². The first-order valence-electron chi connectivity index (χ1n) is 9.43. The molecule has 27 heavy (non-hydrogen) atoms.